The molecule has 0 saturated carbocycles. The standard InChI is InChI=1S/C26H31Cl2N3O3/c1-20-9-11-22(12-10-20)25(32)30(13-5-7-21-6-3-4-8-23(21)34-2)17-14-29-15-18-31(19-16-29)26(33)24(27)28/h3-12,24H,13-19H2,1-2H3/b7-5+. The molecule has 1 fully saturated rings. The maximum Gasteiger partial charge on any atom is 0.255 e. The minimum atomic E-state index is -1.02. The largest absolute Gasteiger partial charge is 0.496 e. The van der Waals surface area contributed by atoms with E-state index in [1.165, 1.54) is 0 Å². The molecule has 0 spiro atoms. The van der Waals surface area contributed by atoms with Crippen LogP contribution in [-0.2, 0) is 4.79 Å². The molecule has 0 radical (unpaired) electrons. The summed E-state index contributed by atoms with van der Waals surface area (Å²) in [4.78, 5) is 30.0. The highest BCUT2D eigenvalue weighted by Crippen LogP contribution is 2.19. The first-order valence-corrected chi connectivity index (χ1v) is 12.2. The number of para-hydroxylation sites is 1. The third kappa shape index (κ3) is 7.23. The Balaban J connectivity index is 1.64. The third-order valence-electron chi connectivity index (χ3n) is 5.90. The second-order valence-corrected chi connectivity index (χ2v) is 9.33. The van der Waals surface area contributed by atoms with Crippen molar-refractivity contribution in [3.8, 4) is 5.75 Å². The summed E-state index contributed by atoms with van der Waals surface area (Å²) in [5.41, 5.74) is 2.75. The van der Waals surface area contributed by atoms with Gasteiger partial charge in [-0.1, -0.05) is 71.2 Å². The number of carbonyl (C=O) groups is 2. The molecule has 0 bridgehead atoms. The van der Waals surface area contributed by atoms with Crippen LogP contribution in [0.2, 0.25) is 0 Å². The quantitative estimate of drug-likeness (QED) is 0.483. The number of piperazine rings is 1. The number of carbonyl (C=O) groups excluding carboxylic acids is 2. The van der Waals surface area contributed by atoms with E-state index in [0.717, 1.165) is 30.0 Å². The molecular weight excluding hydrogens is 473 g/mol. The van der Waals surface area contributed by atoms with Crippen LogP contribution in [0.15, 0.2) is 54.6 Å². The number of ether oxygens (including phenoxy) is 1. The first-order valence-electron chi connectivity index (χ1n) is 11.3. The lowest BCUT2D eigenvalue weighted by Gasteiger charge is -2.36. The lowest BCUT2D eigenvalue weighted by Crippen LogP contribution is -2.51. The van der Waals surface area contributed by atoms with Gasteiger partial charge in [0.15, 0.2) is 4.84 Å². The number of hydrogen-bond donors (Lipinski definition) is 0. The number of nitrogens with zero attached hydrogens (tertiary/aromatic N) is 3. The first kappa shape index (κ1) is 26.1. The Labute approximate surface area is 211 Å². The van der Waals surface area contributed by atoms with Crippen LogP contribution in [0.5, 0.6) is 5.75 Å². The summed E-state index contributed by atoms with van der Waals surface area (Å²) < 4.78 is 5.41. The van der Waals surface area contributed by atoms with Gasteiger partial charge in [0, 0.05) is 56.9 Å². The minimum Gasteiger partial charge on any atom is -0.496 e. The molecule has 1 heterocycles. The van der Waals surface area contributed by atoms with Crippen molar-refractivity contribution >= 4 is 41.1 Å². The molecule has 2 aromatic carbocycles. The number of aryl methyl sites for hydroxylation is 1. The van der Waals surface area contributed by atoms with Crippen LogP contribution < -0.4 is 4.74 Å². The van der Waals surface area contributed by atoms with Crippen LogP contribution in [-0.4, -0.2) is 84.3 Å². The lowest BCUT2D eigenvalue weighted by atomic mass is 10.1. The zero-order valence-corrected chi connectivity index (χ0v) is 21.1. The van der Waals surface area contributed by atoms with Gasteiger partial charge in [-0.25, -0.2) is 0 Å². The SMILES string of the molecule is COc1ccccc1/C=C/CN(CCN1CCN(C(=O)C(Cl)Cl)CC1)C(=O)c1ccc(C)cc1. The normalized spacial score (nSPS) is 14.6. The second kappa shape index (κ2) is 12.8. The monoisotopic (exact) mass is 503 g/mol. The Morgan fingerprint density at radius 1 is 1.06 bits per heavy atom. The Morgan fingerprint density at radius 3 is 2.38 bits per heavy atom. The van der Waals surface area contributed by atoms with Gasteiger partial charge in [-0.05, 0) is 25.1 Å². The van der Waals surface area contributed by atoms with Gasteiger partial charge in [0.2, 0.25) is 0 Å². The highest BCUT2D eigenvalue weighted by Gasteiger charge is 2.25. The molecule has 6 nitrogen and oxygen atoms in total. The Kier molecular flexibility index (Phi) is 9.81. The molecule has 2 aromatic rings. The maximum absolute atomic E-state index is 13.3. The fourth-order valence-electron chi connectivity index (χ4n) is 3.86. The summed E-state index contributed by atoms with van der Waals surface area (Å²) in [6.45, 7) is 6.36. The summed E-state index contributed by atoms with van der Waals surface area (Å²) in [5.74, 6) is 0.532. The number of alkyl halides is 2. The van der Waals surface area contributed by atoms with Crippen molar-refractivity contribution in [1.82, 2.24) is 14.7 Å². The van der Waals surface area contributed by atoms with E-state index in [1.807, 2.05) is 72.5 Å². The highest BCUT2D eigenvalue weighted by molar-refractivity contribution is 6.53. The van der Waals surface area contributed by atoms with Gasteiger partial charge in [-0.2, -0.15) is 0 Å². The fourth-order valence-corrected chi connectivity index (χ4v) is 4.13. The van der Waals surface area contributed by atoms with E-state index in [-0.39, 0.29) is 11.8 Å². The van der Waals surface area contributed by atoms with Gasteiger partial charge in [-0.15, -0.1) is 0 Å². The van der Waals surface area contributed by atoms with E-state index >= 15 is 0 Å². The molecule has 0 aromatic heterocycles. The lowest BCUT2D eigenvalue weighted by molar-refractivity contribution is -0.131. The van der Waals surface area contributed by atoms with Crippen LogP contribution in [0.3, 0.4) is 0 Å². The maximum atomic E-state index is 13.3. The molecule has 0 unspecified atom stereocenters. The topological polar surface area (TPSA) is 53.1 Å². The van der Waals surface area contributed by atoms with Gasteiger partial charge in [0.25, 0.3) is 11.8 Å². The van der Waals surface area contributed by atoms with Gasteiger partial charge in [0.1, 0.15) is 5.75 Å². The van der Waals surface area contributed by atoms with Gasteiger partial charge >= 0.3 is 0 Å². The smallest absolute Gasteiger partial charge is 0.255 e. The zero-order valence-electron chi connectivity index (χ0n) is 19.6. The van der Waals surface area contributed by atoms with Crippen molar-refractivity contribution in [3.05, 3.63) is 71.3 Å². The van der Waals surface area contributed by atoms with Crippen molar-refractivity contribution in [2.24, 2.45) is 0 Å². The summed E-state index contributed by atoms with van der Waals surface area (Å²) in [6.07, 6.45) is 3.97. The van der Waals surface area contributed by atoms with E-state index in [4.69, 9.17) is 27.9 Å². The molecule has 1 aliphatic rings. The number of benzene rings is 2. The summed E-state index contributed by atoms with van der Waals surface area (Å²) in [7, 11) is 1.65. The zero-order chi connectivity index (χ0) is 24.5. The molecule has 3 rings (SSSR count). The molecular formula is C26H31Cl2N3O3. The molecule has 0 aliphatic carbocycles. The minimum absolute atomic E-state index is 0.00869. The highest BCUT2D eigenvalue weighted by atomic mass is 35.5. The molecule has 182 valence electrons. The van der Waals surface area contributed by atoms with Crippen molar-refractivity contribution in [2.75, 3.05) is 52.9 Å². The van der Waals surface area contributed by atoms with Crippen LogP contribution in [0.25, 0.3) is 6.08 Å². The third-order valence-corrected chi connectivity index (χ3v) is 6.28. The van der Waals surface area contributed by atoms with Gasteiger partial charge in [-0.3, -0.25) is 14.5 Å². The fraction of sp³-hybridized carbons (Fsp3) is 0.385. The number of rotatable bonds is 9. The van der Waals surface area contributed by atoms with E-state index < -0.39 is 4.84 Å². The van der Waals surface area contributed by atoms with Gasteiger partial charge in [0.05, 0.1) is 7.11 Å². The Morgan fingerprint density at radius 2 is 1.74 bits per heavy atom. The van der Waals surface area contributed by atoms with Crippen LogP contribution in [0, 0.1) is 6.92 Å². The number of methoxy groups -OCH3 is 1. The molecule has 34 heavy (non-hydrogen) atoms. The molecule has 0 N–H and O–H groups in total. The van der Waals surface area contributed by atoms with Crippen molar-refractivity contribution in [3.63, 3.8) is 0 Å². The van der Waals surface area contributed by atoms with E-state index in [1.54, 1.807) is 12.0 Å². The van der Waals surface area contributed by atoms with Crippen molar-refractivity contribution in [1.29, 1.82) is 0 Å². The van der Waals surface area contributed by atoms with Gasteiger partial charge < -0.3 is 14.5 Å². The van der Waals surface area contributed by atoms with E-state index in [0.29, 0.717) is 38.3 Å². The summed E-state index contributed by atoms with van der Waals surface area (Å²) >= 11 is 11.4. The average molecular weight is 504 g/mol. The predicted octanol–water partition coefficient (Wildman–Crippen LogP) is 4.11. The second-order valence-electron chi connectivity index (χ2n) is 8.23. The Bertz CT molecular complexity index is 987. The molecule has 2 amide bonds. The summed E-state index contributed by atoms with van der Waals surface area (Å²) in [5, 5.41) is 0. The van der Waals surface area contributed by atoms with E-state index in [2.05, 4.69) is 4.90 Å². The molecule has 1 saturated heterocycles. The van der Waals surface area contributed by atoms with Crippen LogP contribution in [0.4, 0.5) is 0 Å². The molecule has 0 atom stereocenters. The van der Waals surface area contributed by atoms with Crippen molar-refractivity contribution < 1.29 is 14.3 Å². The molecule has 1 aliphatic heterocycles. The average Bonchev–Trinajstić information content (AvgIpc) is 2.86. The number of amides is 2. The number of hydrogen-bond acceptors (Lipinski definition) is 4. The summed E-state index contributed by atoms with van der Waals surface area (Å²) in [6, 6.07) is 15.4. The predicted molar refractivity (Wildman–Crippen MR) is 138 cm³/mol. The van der Waals surface area contributed by atoms with Crippen molar-refractivity contribution in [2.45, 2.75) is 11.8 Å². The van der Waals surface area contributed by atoms with E-state index in [9.17, 15) is 9.59 Å². The first-order chi connectivity index (χ1) is 16.4. The van der Waals surface area contributed by atoms with Crippen LogP contribution in [0.1, 0.15) is 21.5 Å². The number of halogens is 2. The Hall–Kier alpha value is -2.54. The van der Waals surface area contributed by atoms with Crippen LogP contribution >= 0.6 is 23.2 Å². The molecule has 8 heteroatoms.